The van der Waals surface area contributed by atoms with Gasteiger partial charge in [-0.05, 0) is 0 Å². The van der Waals surface area contributed by atoms with Gasteiger partial charge in [0.15, 0.2) is 0 Å². The summed E-state index contributed by atoms with van der Waals surface area (Å²) in [4.78, 5) is 43.4. The molecule has 1 saturated carbocycles. The lowest BCUT2D eigenvalue weighted by Gasteiger charge is -1.89. The highest BCUT2D eigenvalue weighted by Gasteiger charge is 2.45. The number of ketones is 4. The Balaban J connectivity index is 3.49. The molecule has 0 aromatic heterocycles. The zero-order valence-electron chi connectivity index (χ0n) is 6.66. The molecule has 68 valence electrons. The topological polar surface area (TPSA) is 116 Å². The molecule has 1 rings (SSSR count). The number of nitrogens with zero attached hydrogens (tertiary/aromatic N) is 1. The Morgan fingerprint density at radius 3 is 1.79 bits per heavy atom. The van der Waals surface area contributed by atoms with Gasteiger partial charge in [0, 0.05) is 6.21 Å². The molecule has 0 spiro atoms. The smallest absolute Gasteiger partial charge is 0.277 e. The van der Waals surface area contributed by atoms with E-state index in [-0.39, 0.29) is 0 Å². The largest absolute Gasteiger partial charge is 0.307 e. The van der Waals surface area contributed by atoms with E-state index in [1.54, 1.807) is 0 Å². The standard InChI is InChI=1S/C8H2N2O4/c9-1-3(2-10)4-5(11)7(13)8(14)6(4)12/h1,9H. The Bertz CT molecular complexity index is 436. The minimum Gasteiger partial charge on any atom is -0.307 e. The van der Waals surface area contributed by atoms with Gasteiger partial charge in [-0.25, -0.2) is 0 Å². The van der Waals surface area contributed by atoms with Gasteiger partial charge in [-0.3, -0.25) is 19.2 Å². The monoisotopic (exact) mass is 190 g/mol. The maximum Gasteiger partial charge on any atom is 0.277 e. The van der Waals surface area contributed by atoms with Crippen molar-refractivity contribution in [3.63, 3.8) is 0 Å². The predicted molar refractivity (Wildman–Crippen MR) is 41.5 cm³/mol. The van der Waals surface area contributed by atoms with Crippen molar-refractivity contribution < 1.29 is 19.2 Å². The number of allylic oxidation sites excluding steroid dienone is 2. The fraction of sp³-hybridized carbons (Fsp3) is 0. The molecule has 0 atom stereocenters. The number of hydrogen-bond acceptors (Lipinski definition) is 6. The van der Waals surface area contributed by atoms with Crippen LogP contribution in [0.3, 0.4) is 0 Å². The van der Waals surface area contributed by atoms with Crippen LogP contribution in [0.15, 0.2) is 11.1 Å². The molecule has 1 fully saturated rings. The molecular formula is C8H2N2O4. The first-order chi connectivity index (χ1) is 6.54. The van der Waals surface area contributed by atoms with Crippen LogP contribution < -0.4 is 0 Å². The van der Waals surface area contributed by atoms with Crippen LogP contribution in [0.25, 0.3) is 0 Å². The average Bonchev–Trinajstić information content (AvgIpc) is 2.37. The quantitative estimate of drug-likeness (QED) is 0.182. The van der Waals surface area contributed by atoms with Gasteiger partial charge in [0.05, 0.1) is 11.1 Å². The van der Waals surface area contributed by atoms with Crippen LogP contribution in [-0.2, 0) is 19.2 Å². The van der Waals surface area contributed by atoms with Gasteiger partial charge in [0.1, 0.15) is 6.07 Å². The molecule has 0 amide bonds. The van der Waals surface area contributed by atoms with E-state index < -0.39 is 34.3 Å². The first-order valence-corrected chi connectivity index (χ1v) is 3.37. The average molecular weight is 190 g/mol. The first-order valence-electron chi connectivity index (χ1n) is 3.37. The van der Waals surface area contributed by atoms with Gasteiger partial charge in [-0.2, -0.15) is 5.26 Å². The van der Waals surface area contributed by atoms with Crippen molar-refractivity contribution in [2.75, 3.05) is 0 Å². The Morgan fingerprint density at radius 2 is 1.50 bits per heavy atom. The second-order valence-electron chi connectivity index (χ2n) is 2.36. The minimum atomic E-state index is -1.44. The number of rotatable bonds is 1. The van der Waals surface area contributed by atoms with Crippen LogP contribution in [0, 0.1) is 16.7 Å². The highest BCUT2D eigenvalue weighted by molar-refractivity contribution is 6.91. The Labute approximate surface area is 77.3 Å². The molecule has 14 heavy (non-hydrogen) atoms. The van der Waals surface area contributed by atoms with E-state index in [0.717, 1.165) is 0 Å². The van der Waals surface area contributed by atoms with Gasteiger partial charge in [-0.1, -0.05) is 0 Å². The highest BCUT2D eigenvalue weighted by atomic mass is 16.2. The van der Waals surface area contributed by atoms with Crippen molar-refractivity contribution >= 4 is 29.3 Å². The molecule has 0 aromatic carbocycles. The molecule has 0 aromatic rings. The van der Waals surface area contributed by atoms with E-state index >= 15 is 0 Å². The zero-order valence-corrected chi connectivity index (χ0v) is 6.66. The summed E-state index contributed by atoms with van der Waals surface area (Å²) in [6.07, 6.45) is 0.455. The summed E-state index contributed by atoms with van der Waals surface area (Å²) in [5, 5.41) is 15.1. The van der Waals surface area contributed by atoms with E-state index in [4.69, 9.17) is 10.7 Å². The van der Waals surface area contributed by atoms with Gasteiger partial charge in [0.2, 0.25) is 11.6 Å². The lowest BCUT2D eigenvalue weighted by Crippen LogP contribution is -2.15. The summed E-state index contributed by atoms with van der Waals surface area (Å²) < 4.78 is 0. The summed E-state index contributed by atoms with van der Waals surface area (Å²) in [7, 11) is 0. The molecule has 0 aliphatic heterocycles. The third kappa shape index (κ3) is 1.08. The molecule has 1 N–H and O–H groups in total. The molecule has 1 aliphatic rings. The zero-order chi connectivity index (χ0) is 10.9. The van der Waals surface area contributed by atoms with E-state index in [1.165, 1.54) is 6.07 Å². The maximum absolute atomic E-state index is 11.0. The molecule has 1 aliphatic carbocycles. The van der Waals surface area contributed by atoms with E-state index in [0.29, 0.717) is 6.21 Å². The number of nitrogens with one attached hydrogen (secondary N) is 1. The summed E-state index contributed by atoms with van der Waals surface area (Å²) in [6.45, 7) is 0. The summed E-state index contributed by atoms with van der Waals surface area (Å²) in [6, 6.07) is 1.39. The van der Waals surface area contributed by atoms with Gasteiger partial charge >= 0.3 is 0 Å². The second kappa shape index (κ2) is 3.14. The predicted octanol–water partition coefficient (Wildman–Crippen LogP) is -1.25. The normalized spacial score (nSPS) is 15.8. The van der Waals surface area contributed by atoms with E-state index in [9.17, 15) is 19.2 Å². The second-order valence-corrected chi connectivity index (χ2v) is 2.36. The van der Waals surface area contributed by atoms with Crippen LogP contribution in [0.1, 0.15) is 0 Å². The first kappa shape index (κ1) is 9.67. The molecule has 0 heterocycles. The van der Waals surface area contributed by atoms with Crippen molar-refractivity contribution in [3.05, 3.63) is 11.1 Å². The maximum atomic E-state index is 11.0. The SMILES string of the molecule is N#CC(C=N)=C1C(=O)C(=O)C(=O)C1=O. The third-order valence-corrected chi connectivity index (χ3v) is 1.61. The Hall–Kier alpha value is -2.42. The fourth-order valence-corrected chi connectivity index (χ4v) is 0.941. The van der Waals surface area contributed by atoms with Crippen LogP contribution >= 0.6 is 0 Å². The van der Waals surface area contributed by atoms with Gasteiger partial charge < -0.3 is 5.41 Å². The molecule has 0 bridgehead atoms. The molecule has 0 saturated heterocycles. The number of Topliss-reactive ketones (excluding diaryl/α,β-unsaturated/α-hetero) is 4. The van der Waals surface area contributed by atoms with Crippen LogP contribution in [-0.4, -0.2) is 29.3 Å². The van der Waals surface area contributed by atoms with Gasteiger partial charge in [-0.15, -0.1) is 0 Å². The summed E-state index contributed by atoms with van der Waals surface area (Å²) in [5.74, 6) is -5.50. The lowest BCUT2D eigenvalue weighted by molar-refractivity contribution is -0.142. The molecule has 0 radical (unpaired) electrons. The lowest BCUT2D eigenvalue weighted by atomic mass is 10.1. The van der Waals surface area contributed by atoms with E-state index in [2.05, 4.69) is 0 Å². The van der Waals surface area contributed by atoms with Crippen LogP contribution in [0.4, 0.5) is 0 Å². The minimum absolute atomic E-state index is 0.455. The van der Waals surface area contributed by atoms with Crippen molar-refractivity contribution in [3.8, 4) is 6.07 Å². The summed E-state index contributed by atoms with van der Waals surface area (Å²) >= 11 is 0. The number of carbonyl (C=O) groups excluding carboxylic acids is 4. The third-order valence-electron chi connectivity index (χ3n) is 1.61. The van der Waals surface area contributed by atoms with Crippen molar-refractivity contribution in [2.24, 2.45) is 0 Å². The van der Waals surface area contributed by atoms with Crippen LogP contribution in [0.5, 0.6) is 0 Å². The Kier molecular flexibility index (Phi) is 2.17. The van der Waals surface area contributed by atoms with Crippen molar-refractivity contribution in [1.29, 1.82) is 10.7 Å². The highest BCUT2D eigenvalue weighted by Crippen LogP contribution is 2.14. The molecule has 0 unspecified atom stereocenters. The number of nitriles is 1. The van der Waals surface area contributed by atoms with E-state index in [1.807, 2.05) is 0 Å². The fourth-order valence-electron chi connectivity index (χ4n) is 0.941. The van der Waals surface area contributed by atoms with Crippen molar-refractivity contribution in [1.82, 2.24) is 0 Å². The molecule has 6 nitrogen and oxygen atoms in total. The molecular weight excluding hydrogens is 188 g/mol. The van der Waals surface area contributed by atoms with Gasteiger partial charge in [0.25, 0.3) is 11.6 Å². The van der Waals surface area contributed by atoms with Crippen molar-refractivity contribution in [2.45, 2.75) is 0 Å². The summed E-state index contributed by atoms with van der Waals surface area (Å²) in [5.41, 5.74) is -1.36. The number of carbonyl (C=O) groups is 4. The Morgan fingerprint density at radius 1 is 1.07 bits per heavy atom. The molecule has 6 heteroatoms. The number of hydrogen-bond donors (Lipinski definition) is 1. The van der Waals surface area contributed by atoms with Crippen LogP contribution in [0.2, 0.25) is 0 Å².